The number of hydrogen-bond acceptors (Lipinski definition) is 5. The molecule has 1 amide bonds. The van der Waals surface area contributed by atoms with Gasteiger partial charge in [-0.15, -0.1) is 0 Å². The Morgan fingerprint density at radius 2 is 1.93 bits per heavy atom. The summed E-state index contributed by atoms with van der Waals surface area (Å²) in [7, 11) is 0. The van der Waals surface area contributed by atoms with E-state index in [2.05, 4.69) is 34.6 Å². The lowest BCUT2D eigenvalue weighted by Crippen LogP contribution is -2.07. The number of aryl methyl sites for hydroxylation is 2. The third-order valence-electron chi connectivity index (χ3n) is 5.11. The molecule has 142 valence electrons. The van der Waals surface area contributed by atoms with Crippen LogP contribution in [-0.2, 0) is 17.6 Å². The first-order valence-electron chi connectivity index (χ1n) is 9.16. The van der Waals surface area contributed by atoms with E-state index in [9.17, 15) is 14.9 Å². The number of nitrogens with zero attached hydrogens (tertiary/aromatic N) is 2. The van der Waals surface area contributed by atoms with Gasteiger partial charge in [0.05, 0.1) is 15.1 Å². The van der Waals surface area contributed by atoms with Crippen molar-refractivity contribution in [1.29, 1.82) is 0 Å². The molecule has 0 aliphatic heterocycles. The van der Waals surface area contributed by atoms with Crippen LogP contribution in [0, 0.1) is 10.1 Å². The third-order valence-corrected chi connectivity index (χ3v) is 6.03. The van der Waals surface area contributed by atoms with E-state index in [1.165, 1.54) is 46.1 Å². The summed E-state index contributed by atoms with van der Waals surface area (Å²) in [6.45, 7) is 0. The highest BCUT2D eigenvalue weighted by Crippen LogP contribution is 2.39. The molecule has 1 aromatic heterocycles. The van der Waals surface area contributed by atoms with Gasteiger partial charge >= 0.3 is 0 Å². The molecule has 5 rings (SSSR count). The van der Waals surface area contributed by atoms with Crippen molar-refractivity contribution in [2.75, 3.05) is 5.32 Å². The van der Waals surface area contributed by atoms with Crippen LogP contribution >= 0.6 is 11.3 Å². The first-order valence-corrected chi connectivity index (χ1v) is 9.98. The van der Waals surface area contributed by atoms with E-state index in [0.29, 0.717) is 10.7 Å². The number of non-ortho nitro benzene ring substituents is 1. The summed E-state index contributed by atoms with van der Waals surface area (Å²) in [6, 6.07) is 14.5. The highest BCUT2D eigenvalue weighted by Gasteiger charge is 2.18. The van der Waals surface area contributed by atoms with E-state index in [0.717, 1.165) is 28.4 Å². The lowest BCUT2D eigenvalue weighted by atomic mass is 10.0. The summed E-state index contributed by atoms with van der Waals surface area (Å²) in [5, 5.41) is 16.5. The summed E-state index contributed by atoms with van der Waals surface area (Å²) in [6.07, 6.45) is 5.13. The van der Waals surface area contributed by atoms with E-state index in [4.69, 9.17) is 0 Å². The zero-order valence-corrected chi connectivity index (χ0v) is 16.0. The van der Waals surface area contributed by atoms with E-state index in [-0.39, 0.29) is 11.6 Å². The highest BCUT2D eigenvalue weighted by molar-refractivity contribution is 7.22. The lowest BCUT2D eigenvalue weighted by Gasteiger charge is -2.02. The highest BCUT2D eigenvalue weighted by atomic mass is 32.1. The predicted octanol–water partition coefficient (Wildman–Crippen LogP) is 5.11. The Kier molecular flexibility index (Phi) is 4.10. The number of nitro groups is 1. The smallest absolute Gasteiger partial charge is 0.269 e. The number of carbonyl (C=O) groups is 1. The minimum Gasteiger partial charge on any atom is -0.298 e. The first-order chi connectivity index (χ1) is 14.1. The Bertz CT molecular complexity index is 1320. The van der Waals surface area contributed by atoms with E-state index >= 15 is 0 Å². The molecule has 1 heterocycles. The van der Waals surface area contributed by atoms with Gasteiger partial charge in [0.15, 0.2) is 5.13 Å². The molecule has 0 fully saturated rings. The number of benzene rings is 3. The molecule has 1 aliphatic rings. The van der Waals surface area contributed by atoms with E-state index in [1.54, 1.807) is 18.2 Å². The van der Waals surface area contributed by atoms with Crippen LogP contribution in [0.4, 0.5) is 10.8 Å². The summed E-state index contributed by atoms with van der Waals surface area (Å²) >= 11 is 1.47. The lowest BCUT2D eigenvalue weighted by molar-refractivity contribution is -0.384. The molecule has 4 aromatic rings. The molecular weight excluding hydrogens is 386 g/mol. The average Bonchev–Trinajstić information content (AvgIpc) is 3.32. The fourth-order valence-electron chi connectivity index (χ4n) is 3.78. The van der Waals surface area contributed by atoms with Crippen LogP contribution in [-0.4, -0.2) is 15.8 Å². The second kappa shape index (κ2) is 6.79. The average molecular weight is 401 g/mol. The zero-order valence-electron chi connectivity index (χ0n) is 15.2. The van der Waals surface area contributed by atoms with Gasteiger partial charge in [0.1, 0.15) is 0 Å². The van der Waals surface area contributed by atoms with Gasteiger partial charge in [0, 0.05) is 23.6 Å². The van der Waals surface area contributed by atoms with Crippen LogP contribution in [0.1, 0.15) is 16.7 Å². The van der Waals surface area contributed by atoms with Crippen molar-refractivity contribution in [3.8, 4) is 0 Å². The normalized spacial score (nSPS) is 12.8. The second-order valence-corrected chi connectivity index (χ2v) is 7.94. The largest absolute Gasteiger partial charge is 0.298 e. The molecule has 0 saturated heterocycles. The fourth-order valence-corrected chi connectivity index (χ4v) is 4.73. The van der Waals surface area contributed by atoms with Crippen molar-refractivity contribution in [2.24, 2.45) is 0 Å². The molecule has 1 N–H and O–H groups in total. The Morgan fingerprint density at radius 3 is 2.72 bits per heavy atom. The summed E-state index contributed by atoms with van der Waals surface area (Å²) in [5.74, 6) is -0.292. The van der Waals surface area contributed by atoms with Gasteiger partial charge in [-0.2, -0.15) is 0 Å². The van der Waals surface area contributed by atoms with Crippen LogP contribution in [0.5, 0.6) is 0 Å². The topological polar surface area (TPSA) is 85.1 Å². The number of carbonyl (C=O) groups excluding carboxylic acids is 1. The van der Waals surface area contributed by atoms with Gasteiger partial charge in [-0.1, -0.05) is 29.5 Å². The molecule has 0 radical (unpaired) electrons. The van der Waals surface area contributed by atoms with Gasteiger partial charge in [-0.05, 0) is 59.2 Å². The van der Waals surface area contributed by atoms with E-state index < -0.39 is 4.92 Å². The molecule has 6 nitrogen and oxygen atoms in total. The Hall–Kier alpha value is -3.58. The summed E-state index contributed by atoms with van der Waals surface area (Å²) in [5.41, 5.74) is 4.36. The van der Waals surface area contributed by atoms with Crippen molar-refractivity contribution in [1.82, 2.24) is 4.98 Å². The maximum Gasteiger partial charge on any atom is 0.269 e. The summed E-state index contributed by atoms with van der Waals surface area (Å²) in [4.78, 5) is 27.2. The van der Waals surface area contributed by atoms with Gasteiger partial charge in [0.2, 0.25) is 5.91 Å². The van der Waals surface area contributed by atoms with Gasteiger partial charge in [-0.25, -0.2) is 4.98 Å². The minimum atomic E-state index is -0.454. The maximum atomic E-state index is 12.3. The van der Waals surface area contributed by atoms with Crippen LogP contribution in [0.25, 0.3) is 27.1 Å². The Balaban J connectivity index is 1.39. The number of aromatic nitrogens is 1. The summed E-state index contributed by atoms with van der Waals surface area (Å²) < 4.78 is 1.07. The number of fused-ring (bicyclic) bond motifs is 2. The molecule has 29 heavy (non-hydrogen) atoms. The van der Waals surface area contributed by atoms with Crippen molar-refractivity contribution in [2.45, 2.75) is 12.8 Å². The molecule has 0 atom stereocenters. The van der Waals surface area contributed by atoms with Gasteiger partial charge in [0.25, 0.3) is 5.69 Å². The van der Waals surface area contributed by atoms with Gasteiger partial charge in [-0.3, -0.25) is 20.2 Å². The molecule has 0 saturated carbocycles. The standard InChI is InChI=1S/C22H15N3O3S/c26-19(11-6-13-4-9-16(10-5-13)25(27)28)23-22-24-21-17-3-1-2-14-7-8-15(20(14)17)12-18(21)29-22/h1-6,9-12H,7-8H2,(H,23,24,26). The zero-order chi connectivity index (χ0) is 20.0. The van der Waals surface area contributed by atoms with Crippen molar-refractivity contribution < 1.29 is 9.72 Å². The third kappa shape index (κ3) is 3.15. The molecule has 3 aromatic carbocycles. The van der Waals surface area contributed by atoms with Crippen LogP contribution in [0.2, 0.25) is 0 Å². The minimum absolute atomic E-state index is 0.0176. The van der Waals surface area contributed by atoms with Gasteiger partial charge < -0.3 is 0 Å². The Morgan fingerprint density at radius 1 is 1.14 bits per heavy atom. The number of thiazole rings is 1. The first kappa shape index (κ1) is 17.5. The maximum absolute atomic E-state index is 12.3. The monoisotopic (exact) mass is 401 g/mol. The van der Waals surface area contributed by atoms with Crippen LogP contribution in [0.15, 0.2) is 54.6 Å². The fraction of sp³-hybridized carbons (Fsp3) is 0.0909. The molecule has 0 bridgehead atoms. The number of amides is 1. The number of anilines is 1. The van der Waals surface area contributed by atoms with Crippen LogP contribution < -0.4 is 5.32 Å². The van der Waals surface area contributed by atoms with Crippen molar-refractivity contribution in [3.63, 3.8) is 0 Å². The SMILES string of the molecule is O=C(C=Cc1ccc([N+](=O)[O-])cc1)Nc1nc2c(cc3c4c(cccc42)CC3)s1. The quantitative estimate of drug-likeness (QED) is 0.293. The second-order valence-electron chi connectivity index (χ2n) is 6.91. The molecule has 1 aliphatic carbocycles. The van der Waals surface area contributed by atoms with Crippen molar-refractivity contribution >= 4 is 55.1 Å². The number of nitro benzene ring substituents is 1. The van der Waals surface area contributed by atoms with Crippen LogP contribution in [0.3, 0.4) is 0 Å². The number of hydrogen-bond donors (Lipinski definition) is 1. The molecular formula is C22H15N3O3S. The molecule has 0 unspecified atom stereocenters. The predicted molar refractivity (Wildman–Crippen MR) is 115 cm³/mol. The van der Waals surface area contributed by atoms with Crippen molar-refractivity contribution in [3.05, 3.63) is 81.4 Å². The number of rotatable bonds is 4. The molecule has 0 spiro atoms. The molecule has 7 heteroatoms. The number of nitrogens with one attached hydrogen (secondary N) is 1. The van der Waals surface area contributed by atoms with E-state index in [1.807, 2.05) is 0 Å². The Labute approximate surface area is 169 Å².